The SMILES string of the molecule is c1ccc(-c2cccc(-c3cc(-c4cccc5oc6cc(-c7nc8ccccc8o7)ccc6c45)nc(-c4ccccc4)n3)c2)cc1. The lowest BCUT2D eigenvalue weighted by atomic mass is 9.99. The molecule has 216 valence electrons. The van der Waals surface area contributed by atoms with Crippen molar-refractivity contribution < 1.29 is 8.83 Å². The number of hydrogen-bond donors (Lipinski definition) is 0. The van der Waals surface area contributed by atoms with Gasteiger partial charge in [-0.25, -0.2) is 15.0 Å². The van der Waals surface area contributed by atoms with Crippen LogP contribution in [0.2, 0.25) is 0 Å². The first-order valence-electron chi connectivity index (χ1n) is 15.2. The second-order valence-electron chi connectivity index (χ2n) is 11.3. The third-order valence-electron chi connectivity index (χ3n) is 8.34. The van der Waals surface area contributed by atoms with E-state index in [-0.39, 0.29) is 0 Å². The number of nitrogens with zero attached hydrogens (tertiary/aromatic N) is 3. The molecular formula is C41H25N3O2. The van der Waals surface area contributed by atoms with Crippen LogP contribution in [0.25, 0.3) is 89.5 Å². The molecule has 3 heterocycles. The largest absolute Gasteiger partial charge is 0.456 e. The number of para-hydroxylation sites is 2. The second kappa shape index (κ2) is 10.7. The highest BCUT2D eigenvalue weighted by molar-refractivity contribution is 6.12. The molecule has 0 unspecified atom stereocenters. The van der Waals surface area contributed by atoms with Gasteiger partial charge in [0.1, 0.15) is 16.7 Å². The fourth-order valence-electron chi connectivity index (χ4n) is 6.11. The lowest BCUT2D eigenvalue weighted by Crippen LogP contribution is -1.96. The molecule has 0 spiro atoms. The van der Waals surface area contributed by atoms with Crippen LogP contribution in [0.3, 0.4) is 0 Å². The van der Waals surface area contributed by atoms with Crippen molar-refractivity contribution in [1.82, 2.24) is 15.0 Å². The van der Waals surface area contributed by atoms with E-state index in [1.54, 1.807) is 0 Å². The summed E-state index contributed by atoms with van der Waals surface area (Å²) in [5.41, 5.74) is 10.9. The van der Waals surface area contributed by atoms with E-state index in [9.17, 15) is 0 Å². The van der Waals surface area contributed by atoms with Crippen molar-refractivity contribution >= 4 is 33.0 Å². The Labute approximate surface area is 264 Å². The molecule has 0 atom stereocenters. The topological polar surface area (TPSA) is 65.0 Å². The Kier molecular flexibility index (Phi) is 6.06. The van der Waals surface area contributed by atoms with Gasteiger partial charge in [-0.15, -0.1) is 0 Å². The van der Waals surface area contributed by atoms with Crippen molar-refractivity contribution in [2.45, 2.75) is 0 Å². The molecule has 0 radical (unpaired) electrons. The number of fused-ring (bicyclic) bond motifs is 4. The van der Waals surface area contributed by atoms with Crippen LogP contribution in [0.15, 0.2) is 160 Å². The van der Waals surface area contributed by atoms with Gasteiger partial charge in [-0.1, -0.05) is 103 Å². The van der Waals surface area contributed by atoms with Gasteiger partial charge in [0.25, 0.3) is 0 Å². The second-order valence-corrected chi connectivity index (χ2v) is 11.3. The Hall–Kier alpha value is -6.33. The summed E-state index contributed by atoms with van der Waals surface area (Å²) in [5.74, 6) is 1.23. The van der Waals surface area contributed by atoms with E-state index in [1.165, 1.54) is 0 Å². The molecule has 0 amide bonds. The predicted molar refractivity (Wildman–Crippen MR) is 184 cm³/mol. The van der Waals surface area contributed by atoms with E-state index >= 15 is 0 Å². The molecule has 0 aliphatic heterocycles. The van der Waals surface area contributed by atoms with Crippen LogP contribution in [0, 0.1) is 0 Å². The lowest BCUT2D eigenvalue weighted by molar-refractivity contribution is 0.619. The fraction of sp³-hybridized carbons (Fsp3) is 0. The van der Waals surface area contributed by atoms with Crippen LogP contribution < -0.4 is 0 Å². The van der Waals surface area contributed by atoms with E-state index in [0.717, 1.165) is 77.8 Å². The maximum atomic E-state index is 6.43. The first kappa shape index (κ1) is 26.1. The van der Waals surface area contributed by atoms with E-state index < -0.39 is 0 Å². The Morgan fingerprint density at radius 2 is 1.09 bits per heavy atom. The molecule has 5 nitrogen and oxygen atoms in total. The molecule has 3 aromatic heterocycles. The molecule has 6 aromatic carbocycles. The highest BCUT2D eigenvalue weighted by atomic mass is 16.3. The Balaban J connectivity index is 1.21. The van der Waals surface area contributed by atoms with Crippen LogP contribution in [-0.2, 0) is 0 Å². The number of aromatic nitrogens is 3. The van der Waals surface area contributed by atoms with Crippen molar-refractivity contribution in [2.75, 3.05) is 0 Å². The highest BCUT2D eigenvalue weighted by Crippen LogP contribution is 2.39. The quantitative estimate of drug-likeness (QED) is 0.199. The maximum Gasteiger partial charge on any atom is 0.227 e. The third-order valence-corrected chi connectivity index (χ3v) is 8.34. The summed E-state index contributed by atoms with van der Waals surface area (Å²) in [6.07, 6.45) is 0. The number of oxazole rings is 1. The van der Waals surface area contributed by atoms with Gasteiger partial charge < -0.3 is 8.83 Å². The minimum absolute atomic E-state index is 0.564. The van der Waals surface area contributed by atoms with E-state index in [2.05, 4.69) is 71.7 Å². The van der Waals surface area contributed by atoms with E-state index in [1.807, 2.05) is 84.9 Å². The van der Waals surface area contributed by atoms with Crippen LogP contribution in [0.5, 0.6) is 0 Å². The molecule has 0 saturated heterocycles. The van der Waals surface area contributed by atoms with Crippen LogP contribution in [-0.4, -0.2) is 15.0 Å². The number of hydrogen-bond acceptors (Lipinski definition) is 5. The van der Waals surface area contributed by atoms with Gasteiger partial charge in [-0.2, -0.15) is 0 Å². The molecular weight excluding hydrogens is 566 g/mol. The number of rotatable bonds is 5. The summed E-state index contributed by atoms with van der Waals surface area (Å²) in [5, 5.41) is 2.00. The Morgan fingerprint density at radius 1 is 0.391 bits per heavy atom. The van der Waals surface area contributed by atoms with Crippen LogP contribution in [0.4, 0.5) is 0 Å². The van der Waals surface area contributed by atoms with Gasteiger partial charge in [0.05, 0.1) is 11.4 Å². The zero-order valence-corrected chi connectivity index (χ0v) is 24.6. The molecule has 0 aliphatic carbocycles. The van der Waals surface area contributed by atoms with Crippen molar-refractivity contribution in [1.29, 1.82) is 0 Å². The molecule has 0 bridgehead atoms. The molecule has 0 fully saturated rings. The van der Waals surface area contributed by atoms with Gasteiger partial charge >= 0.3 is 0 Å². The normalized spacial score (nSPS) is 11.5. The molecule has 0 aliphatic rings. The summed E-state index contributed by atoms with van der Waals surface area (Å²) < 4.78 is 12.5. The zero-order valence-electron chi connectivity index (χ0n) is 24.6. The molecule has 9 aromatic rings. The molecule has 0 saturated carbocycles. The fourth-order valence-corrected chi connectivity index (χ4v) is 6.11. The molecule has 46 heavy (non-hydrogen) atoms. The molecule has 5 heteroatoms. The van der Waals surface area contributed by atoms with Crippen molar-refractivity contribution in [3.05, 3.63) is 152 Å². The summed E-state index contributed by atoms with van der Waals surface area (Å²) >= 11 is 0. The zero-order chi connectivity index (χ0) is 30.5. The standard InChI is InChI=1S/C41H25N3O2/c1-3-11-26(12-4-1)28-15-9-16-29(23-28)34-25-35(43-40(42-34)27-13-5-2-6-14-27)31-17-10-20-37-39(31)32-22-21-30(24-38(32)45-37)41-44-33-18-7-8-19-36(33)46-41/h1-25H. The minimum atomic E-state index is 0.564. The first-order chi connectivity index (χ1) is 22.8. The average molecular weight is 592 g/mol. The smallest absolute Gasteiger partial charge is 0.227 e. The lowest BCUT2D eigenvalue weighted by Gasteiger charge is -2.11. The van der Waals surface area contributed by atoms with Crippen molar-refractivity contribution in [3.8, 4) is 56.5 Å². The van der Waals surface area contributed by atoms with Gasteiger partial charge in [0, 0.05) is 33.0 Å². The van der Waals surface area contributed by atoms with Gasteiger partial charge in [0.2, 0.25) is 5.89 Å². The van der Waals surface area contributed by atoms with Crippen molar-refractivity contribution in [3.63, 3.8) is 0 Å². The van der Waals surface area contributed by atoms with Gasteiger partial charge in [-0.05, 0) is 59.7 Å². The van der Waals surface area contributed by atoms with Gasteiger partial charge in [0.15, 0.2) is 11.4 Å². The first-order valence-corrected chi connectivity index (χ1v) is 15.2. The maximum absolute atomic E-state index is 6.43. The number of benzene rings is 6. The monoisotopic (exact) mass is 591 g/mol. The molecule has 0 N–H and O–H groups in total. The summed E-state index contributed by atoms with van der Waals surface area (Å²) in [7, 11) is 0. The summed E-state index contributed by atoms with van der Waals surface area (Å²) in [4.78, 5) is 14.9. The minimum Gasteiger partial charge on any atom is -0.456 e. The van der Waals surface area contributed by atoms with Gasteiger partial charge in [-0.3, -0.25) is 0 Å². The summed E-state index contributed by atoms with van der Waals surface area (Å²) in [6.45, 7) is 0. The predicted octanol–water partition coefficient (Wildman–Crippen LogP) is 10.9. The van der Waals surface area contributed by atoms with Crippen LogP contribution >= 0.6 is 0 Å². The van der Waals surface area contributed by atoms with E-state index in [4.69, 9.17) is 18.8 Å². The Bertz CT molecular complexity index is 2500. The Morgan fingerprint density at radius 3 is 1.93 bits per heavy atom. The molecule has 9 rings (SSSR count). The van der Waals surface area contributed by atoms with E-state index in [0.29, 0.717) is 11.7 Å². The highest BCUT2D eigenvalue weighted by Gasteiger charge is 2.18. The number of furan rings is 1. The average Bonchev–Trinajstić information content (AvgIpc) is 3.74. The van der Waals surface area contributed by atoms with Crippen LogP contribution in [0.1, 0.15) is 0 Å². The van der Waals surface area contributed by atoms with Crippen molar-refractivity contribution in [2.24, 2.45) is 0 Å². The third kappa shape index (κ3) is 4.54. The summed E-state index contributed by atoms with van der Waals surface area (Å²) in [6, 6.07) is 51.1.